The fourth-order valence-electron chi connectivity index (χ4n) is 11.0. The van der Waals surface area contributed by atoms with Crippen LogP contribution in [-0.2, 0) is 31.8 Å². The van der Waals surface area contributed by atoms with Gasteiger partial charge in [0, 0.05) is 22.8 Å². The lowest BCUT2D eigenvalue weighted by Gasteiger charge is -2.69. The lowest BCUT2D eigenvalue weighted by Crippen LogP contribution is -2.66. The van der Waals surface area contributed by atoms with Crippen molar-refractivity contribution in [1.82, 2.24) is 15.3 Å². The number of carbonyl (C=O) groups excluding carboxylic acids is 2. The van der Waals surface area contributed by atoms with Crippen molar-refractivity contribution in [2.45, 2.75) is 111 Å². The number of carbonyl (C=O) groups is 2. The summed E-state index contributed by atoms with van der Waals surface area (Å²) in [6.07, 6.45) is 11.2. The Bertz CT molecular complexity index is 1470. The van der Waals surface area contributed by atoms with E-state index < -0.39 is 5.60 Å². The van der Waals surface area contributed by atoms with Crippen LogP contribution in [-0.4, -0.2) is 27.6 Å². The quantitative estimate of drug-likeness (QED) is 0.395. The molecule has 0 aromatic carbocycles. The Kier molecular flexibility index (Phi) is 5.41. The molecule has 2 aromatic rings. The monoisotopic (exact) mass is 561 g/mol. The Morgan fingerprint density at radius 2 is 1.78 bits per heavy atom. The standard InChI is InChI=1S/C33H43N3O5/c1-19-35-27(41-36-19)33-12-10-28(2,3)16-21(33)25-22(38)14-24-29(4)15-20-17-34-40-26(20)32(7,39-18-37)23(29)8-9-30(24,5)31(25,6)11-13-33/h14,17-18,21,23,25H,8-13,15-16H2,1-7H3/t21-,23+,25-,29-,30+,31+,32-,33-/m0/s1. The van der Waals surface area contributed by atoms with Gasteiger partial charge in [-0.2, -0.15) is 4.98 Å². The first-order valence-corrected chi connectivity index (χ1v) is 15.4. The molecule has 220 valence electrons. The molecule has 8 atom stereocenters. The maximum atomic E-state index is 14.7. The highest BCUT2D eigenvalue weighted by Gasteiger charge is 2.71. The van der Waals surface area contributed by atoms with Crippen molar-refractivity contribution >= 4 is 12.3 Å². The molecule has 2 aromatic heterocycles. The van der Waals surface area contributed by atoms with Crippen molar-refractivity contribution in [1.29, 1.82) is 0 Å². The number of aryl methyl sites for hydroxylation is 1. The minimum atomic E-state index is -0.936. The Morgan fingerprint density at radius 1 is 1.02 bits per heavy atom. The second-order valence-electron chi connectivity index (χ2n) is 15.7. The van der Waals surface area contributed by atoms with Crippen molar-refractivity contribution in [3.8, 4) is 0 Å². The van der Waals surface area contributed by atoms with Crippen LogP contribution < -0.4 is 0 Å². The van der Waals surface area contributed by atoms with E-state index in [0.717, 1.165) is 56.4 Å². The van der Waals surface area contributed by atoms with Crippen molar-refractivity contribution < 1.29 is 23.4 Å². The molecule has 0 bridgehead atoms. The van der Waals surface area contributed by atoms with Crippen LogP contribution in [0.3, 0.4) is 0 Å². The lowest BCUT2D eigenvalue weighted by molar-refractivity contribution is -0.182. The third kappa shape index (κ3) is 3.25. The largest absolute Gasteiger partial charge is 0.453 e. The first-order valence-electron chi connectivity index (χ1n) is 15.4. The summed E-state index contributed by atoms with van der Waals surface area (Å²) in [6.45, 7) is 16.1. The molecule has 0 N–H and O–H groups in total. The van der Waals surface area contributed by atoms with Gasteiger partial charge in [0.1, 0.15) is 0 Å². The lowest BCUT2D eigenvalue weighted by atomic mass is 9.34. The van der Waals surface area contributed by atoms with Crippen LogP contribution in [0.1, 0.15) is 110 Å². The van der Waals surface area contributed by atoms with E-state index >= 15 is 0 Å². The molecule has 5 aliphatic carbocycles. The van der Waals surface area contributed by atoms with Gasteiger partial charge in [-0.1, -0.05) is 50.5 Å². The first kappa shape index (κ1) is 27.1. The van der Waals surface area contributed by atoms with Crippen LogP contribution in [0.5, 0.6) is 0 Å². The normalized spacial score (nSPS) is 44.4. The third-order valence-corrected chi connectivity index (χ3v) is 13.2. The zero-order valence-corrected chi connectivity index (χ0v) is 25.5. The molecule has 0 saturated heterocycles. The second-order valence-corrected chi connectivity index (χ2v) is 15.7. The summed E-state index contributed by atoms with van der Waals surface area (Å²) in [5.41, 5.74) is 0.318. The smallest absolute Gasteiger partial charge is 0.294 e. The summed E-state index contributed by atoms with van der Waals surface area (Å²) >= 11 is 0. The molecule has 2 heterocycles. The van der Waals surface area contributed by atoms with E-state index in [2.05, 4.69) is 44.9 Å². The Labute approximate surface area is 242 Å². The fourth-order valence-corrected chi connectivity index (χ4v) is 11.0. The highest BCUT2D eigenvalue weighted by molar-refractivity contribution is 5.95. The molecule has 41 heavy (non-hydrogen) atoms. The second kappa shape index (κ2) is 8.19. The molecule has 8 nitrogen and oxygen atoms in total. The predicted molar refractivity (Wildman–Crippen MR) is 149 cm³/mol. The van der Waals surface area contributed by atoms with Gasteiger partial charge in [0.15, 0.2) is 23.0 Å². The number of hydrogen-bond donors (Lipinski definition) is 0. The maximum Gasteiger partial charge on any atom is 0.294 e. The van der Waals surface area contributed by atoms with Crippen molar-refractivity contribution in [3.63, 3.8) is 0 Å². The molecular formula is C33H43N3O5. The molecule has 0 unspecified atom stereocenters. The fraction of sp³-hybridized carbons (Fsp3) is 0.727. The van der Waals surface area contributed by atoms with Gasteiger partial charge in [0.2, 0.25) is 5.89 Å². The van der Waals surface area contributed by atoms with E-state index in [9.17, 15) is 9.59 Å². The van der Waals surface area contributed by atoms with E-state index in [1.165, 1.54) is 5.57 Å². The zero-order valence-electron chi connectivity index (χ0n) is 25.5. The van der Waals surface area contributed by atoms with Crippen molar-refractivity contribution in [2.75, 3.05) is 0 Å². The highest BCUT2D eigenvalue weighted by atomic mass is 16.6. The van der Waals surface area contributed by atoms with Crippen LogP contribution in [0, 0.1) is 46.3 Å². The molecule has 3 saturated carbocycles. The summed E-state index contributed by atoms with van der Waals surface area (Å²) in [7, 11) is 0. The van der Waals surface area contributed by atoms with Crippen molar-refractivity contribution in [3.05, 3.63) is 40.9 Å². The molecule has 8 heteroatoms. The first-order chi connectivity index (χ1) is 19.2. The summed E-state index contributed by atoms with van der Waals surface area (Å²) in [6, 6.07) is 0. The number of ether oxygens (including phenoxy) is 1. The molecular weight excluding hydrogens is 518 g/mol. The van der Waals surface area contributed by atoms with Gasteiger partial charge in [-0.15, -0.1) is 0 Å². The average molecular weight is 562 g/mol. The average Bonchev–Trinajstić information content (AvgIpc) is 3.55. The third-order valence-electron chi connectivity index (χ3n) is 13.2. The predicted octanol–water partition coefficient (Wildman–Crippen LogP) is 6.42. The number of fused-ring (bicyclic) bond motifs is 8. The number of nitrogens with zero attached hydrogens (tertiary/aromatic N) is 3. The molecule has 0 aliphatic heterocycles. The van der Waals surface area contributed by atoms with Crippen LogP contribution >= 0.6 is 0 Å². The summed E-state index contributed by atoms with van der Waals surface area (Å²) in [5.74, 6) is 2.26. The minimum Gasteiger partial charge on any atom is -0.453 e. The van der Waals surface area contributed by atoms with Crippen LogP contribution in [0.15, 0.2) is 26.9 Å². The van der Waals surface area contributed by atoms with Gasteiger partial charge < -0.3 is 13.8 Å². The van der Waals surface area contributed by atoms with Gasteiger partial charge in [-0.3, -0.25) is 9.59 Å². The maximum absolute atomic E-state index is 14.7. The highest BCUT2D eigenvalue weighted by Crippen LogP contribution is 2.74. The number of rotatable bonds is 3. The van der Waals surface area contributed by atoms with Gasteiger partial charge in [-0.05, 0) is 93.5 Å². The van der Waals surface area contributed by atoms with Gasteiger partial charge in [-0.25, -0.2) is 0 Å². The van der Waals surface area contributed by atoms with Crippen LogP contribution in [0.2, 0.25) is 0 Å². The molecule has 7 rings (SSSR count). The number of ketones is 1. The number of allylic oxidation sites excluding steroid dienone is 2. The minimum absolute atomic E-state index is 0.0226. The molecule has 0 spiro atoms. The zero-order chi connectivity index (χ0) is 29.2. The topological polar surface area (TPSA) is 108 Å². The van der Waals surface area contributed by atoms with Gasteiger partial charge >= 0.3 is 0 Å². The molecule has 5 aliphatic rings. The van der Waals surface area contributed by atoms with Gasteiger partial charge in [0.25, 0.3) is 6.47 Å². The summed E-state index contributed by atoms with van der Waals surface area (Å²) < 4.78 is 17.5. The van der Waals surface area contributed by atoms with E-state index in [-0.39, 0.29) is 50.6 Å². The van der Waals surface area contributed by atoms with Crippen LogP contribution in [0.25, 0.3) is 0 Å². The van der Waals surface area contributed by atoms with E-state index in [1.807, 2.05) is 19.9 Å². The molecule has 0 amide bonds. The molecule has 0 radical (unpaired) electrons. The summed E-state index contributed by atoms with van der Waals surface area (Å²) in [5, 5.41) is 8.30. The van der Waals surface area contributed by atoms with E-state index in [0.29, 0.717) is 24.5 Å². The van der Waals surface area contributed by atoms with Crippen molar-refractivity contribution in [2.24, 2.45) is 39.4 Å². The number of aromatic nitrogens is 3. The van der Waals surface area contributed by atoms with Gasteiger partial charge in [0.05, 0.1) is 11.6 Å². The Hall–Kier alpha value is -2.77. The summed E-state index contributed by atoms with van der Waals surface area (Å²) in [4.78, 5) is 31.3. The Morgan fingerprint density at radius 3 is 2.49 bits per heavy atom. The van der Waals surface area contributed by atoms with E-state index in [4.69, 9.17) is 18.8 Å². The SMILES string of the molecule is Cc1noc([C@]23CCC(C)(C)C[C@H]2[C@H]2C(=O)C=C4[C@@]5(C)Cc6cnoc6[C@@](C)(OC=O)[C@@H]5CC[C@@]4(C)[C@]2(C)CC3)n1. The molecule has 3 fully saturated rings. The van der Waals surface area contributed by atoms with E-state index in [1.54, 1.807) is 6.20 Å². The number of hydrogen-bond acceptors (Lipinski definition) is 8. The Balaban J connectivity index is 1.38. The van der Waals surface area contributed by atoms with Crippen LogP contribution in [0.4, 0.5) is 0 Å².